The minimum atomic E-state index is 0.0153. The van der Waals surface area contributed by atoms with E-state index >= 15 is 0 Å². The fraction of sp³-hybridized carbons (Fsp3) is 0.458. The van der Waals surface area contributed by atoms with Gasteiger partial charge in [0.1, 0.15) is 5.75 Å². The highest BCUT2D eigenvalue weighted by Gasteiger charge is 2.30. The summed E-state index contributed by atoms with van der Waals surface area (Å²) in [5.74, 6) is 2.58. The molecular formula is C24H28N2O4. The quantitative estimate of drug-likeness (QED) is 0.837. The Morgan fingerprint density at radius 2 is 1.77 bits per heavy atom. The Labute approximate surface area is 177 Å². The van der Waals surface area contributed by atoms with E-state index in [9.17, 15) is 4.79 Å². The Bertz CT molecular complexity index is 916. The van der Waals surface area contributed by atoms with Crippen molar-refractivity contribution < 1.29 is 19.0 Å². The van der Waals surface area contributed by atoms with Gasteiger partial charge in [0.05, 0.1) is 32.4 Å². The smallest absolute Gasteiger partial charge is 0.234 e. The minimum absolute atomic E-state index is 0.0153. The van der Waals surface area contributed by atoms with Gasteiger partial charge in [0.15, 0.2) is 11.5 Å². The molecule has 2 atom stereocenters. The zero-order chi connectivity index (χ0) is 20.3. The molecule has 3 aliphatic rings. The molecule has 0 aromatic heterocycles. The first-order valence-electron chi connectivity index (χ1n) is 10.9. The van der Waals surface area contributed by atoms with E-state index in [1.807, 2.05) is 30.3 Å². The van der Waals surface area contributed by atoms with Crippen LogP contribution in [0.3, 0.4) is 0 Å². The number of para-hydroxylation sites is 1. The Balaban J connectivity index is 1.26. The van der Waals surface area contributed by atoms with Crippen molar-refractivity contribution in [3.05, 3.63) is 53.6 Å². The zero-order valence-electron chi connectivity index (χ0n) is 17.1. The molecule has 0 radical (unpaired) electrons. The van der Waals surface area contributed by atoms with Crippen molar-refractivity contribution >= 4 is 5.91 Å². The molecule has 1 N–H and O–H groups in total. The molecule has 158 valence electrons. The number of rotatable bonds is 4. The molecule has 2 aromatic rings. The highest BCUT2D eigenvalue weighted by atomic mass is 16.5. The molecule has 0 unspecified atom stereocenters. The zero-order valence-corrected chi connectivity index (χ0v) is 17.1. The van der Waals surface area contributed by atoms with Crippen LogP contribution in [0.2, 0.25) is 0 Å². The van der Waals surface area contributed by atoms with Crippen LogP contribution in [0, 0.1) is 0 Å². The fourth-order valence-electron chi connectivity index (χ4n) is 4.70. The fourth-order valence-corrected chi connectivity index (χ4v) is 4.70. The average molecular weight is 408 g/mol. The molecule has 1 amide bonds. The second-order valence-electron chi connectivity index (χ2n) is 8.18. The van der Waals surface area contributed by atoms with Gasteiger partial charge in [-0.05, 0) is 43.1 Å². The van der Waals surface area contributed by atoms with E-state index in [0.717, 1.165) is 55.0 Å². The molecule has 1 fully saturated rings. The number of carbonyl (C=O) groups is 1. The third kappa shape index (κ3) is 3.97. The van der Waals surface area contributed by atoms with Gasteiger partial charge in [-0.1, -0.05) is 24.3 Å². The van der Waals surface area contributed by atoms with Crippen LogP contribution < -0.4 is 19.5 Å². The highest BCUT2D eigenvalue weighted by molar-refractivity contribution is 5.78. The van der Waals surface area contributed by atoms with Crippen molar-refractivity contribution in [3.8, 4) is 17.2 Å². The minimum Gasteiger partial charge on any atom is -0.493 e. The molecule has 3 heterocycles. The van der Waals surface area contributed by atoms with Crippen molar-refractivity contribution in [2.24, 2.45) is 0 Å². The molecule has 6 heteroatoms. The molecule has 30 heavy (non-hydrogen) atoms. The monoisotopic (exact) mass is 408 g/mol. The Kier molecular flexibility index (Phi) is 5.49. The molecule has 0 aliphatic carbocycles. The number of benzene rings is 2. The van der Waals surface area contributed by atoms with Crippen molar-refractivity contribution in [2.45, 2.75) is 37.8 Å². The van der Waals surface area contributed by atoms with Crippen LogP contribution in [0.5, 0.6) is 17.2 Å². The largest absolute Gasteiger partial charge is 0.493 e. The predicted octanol–water partition coefficient (Wildman–Crippen LogP) is 3.62. The summed E-state index contributed by atoms with van der Waals surface area (Å²) < 4.78 is 17.3. The molecule has 6 nitrogen and oxygen atoms in total. The second-order valence-corrected chi connectivity index (χ2v) is 8.18. The third-order valence-corrected chi connectivity index (χ3v) is 6.16. The van der Waals surface area contributed by atoms with Gasteiger partial charge in [-0.3, -0.25) is 9.69 Å². The molecule has 3 aliphatic heterocycles. The molecule has 0 spiro atoms. The van der Waals surface area contributed by atoms with Gasteiger partial charge in [-0.15, -0.1) is 0 Å². The lowest BCUT2D eigenvalue weighted by Crippen LogP contribution is -2.40. The number of hydrogen-bond donors (Lipinski definition) is 1. The number of carbonyl (C=O) groups excluding carboxylic acids is 1. The lowest BCUT2D eigenvalue weighted by molar-refractivity contribution is -0.123. The summed E-state index contributed by atoms with van der Waals surface area (Å²) in [7, 11) is 0. The second kappa shape index (κ2) is 8.56. The number of nitrogens with zero attached hydrogens (tertiary/aromatic N) is 1. The lowest BCUT2D eigenvalue weighted by atomic mass is 10.0. The van der Waals surface area contributed by atoms with E-state index in [2.05, 4.69) is 22.3 Å². The first-order chi connectivity index (χ1) is 14.8. The van der Waals surface area contributed by atoms with Gasteiger partial charge in [-0.25, -0.2) is 0 Å². The van der Waals surface area contributed by atoms with Crippen LogP contribution in [-0.4, -0.2) is 43.7 Å². The first kappa shape index (κ1) is 19.2. The molecular weight excluding hydrogens is 380 g/mol. The van der Waals surface area contributed by atoms with Crippen molar-refractivity contribution in [1.82, 2.24) is 10.2 Å². The summed E-state index contributed by atoms with van der Waals surface area (Å²) in [6.45, 7) is 3.33. The SMILES string of the molecule is O=C(CN1CCC[C@@H]1c1ccc2c(c1)OCCCO2)N[C@H]1CCOc2ccccc21. The lowest BCUT2D eigenvalue weighted by Gasteiger charge is -2.29. The normalized spacial score (nSPS) is 23.2. The average Bonchev–Trinajstić information content (AvgIpc) is 3.09. The Morgan fingerprint density at radius 1 is 0.933 bits per heavy atom. The summed E-state index contributed by atoms with van der Waals surface area (Å²) >= 11 is 0. The van der Waals surface area contributed by atoms with E-state index in [1.165, 1.54) is 5.56 Å². The van der Waals surface area contributed by atoms with Gasteiger partial charge in [0.2, 0.25) is 5.91 Å². The van der Waals surface area contributed by atoms with E-state index in [-0.39, 0.29) is 18.0 Å². The van der Waals surface area contributed by atoms with Crippen LogP contribution in [0.15, 0.2) is 42.5 Å². The maximum absolute atomic E-state index is 12.9. The molecule has 0 bridgehead atoms. The van der Waals surface area contributed by atoms with Crippen molar-refractivity contribution in [2.75, 3.05) is 32.9 Å². The van der Waals surface area contributed by atoms with Gasteiger partial charge in [0, 0.05) is 24.4 Å². The highest BCUT2D eigenvalue weighted by Crippen LogP contribution is 2.38. The van der Waals surface area contributed by atoms with E-state index in [0.29, 0.717) is 26.4 Å². The molecule has 0 saturated carbocycles. The van der Waals surface area contributed by atoms with Crippen LogP contribution in [0.25, 0.3) is 0 Å². The van der Waals surface area contributed by atoms with Gasteiger partial charge in [-0.2, -0.15) is 0 Å². The first-order valence-corrected chi connectivity index (χ1v) is 10.9. The third-order valence-electron chi connectivity index (χ3n) is 6.16. The van der Waals surface area contributed by atoms with Crippen LogP contribution >= 0.6 is 0 Å². The molecule has 2 aromatic carbocycles. The predicted molar refractivity (Wildman–Crippen MR) is 113 cm³/mol. The molecule has 5 rings (SSSR count). The van der Waals surface area contributed by atoms with Gasteiger partial charge >= 0.3 is 0 Å². The summed E-state index contributed by atoms with van der Waals surface area (Å²) in [6, 6.07) is 14.4. The van der Waals surface area contributed by atoms with Crippen LogP contribution in [0.4, 0.5) is 0 Å². The number of likely N-dealkylation sites (tertiary alicyclic amines) is 1. The summed E-state index contributed by atoms with van der Waals surface area (Å²) in [5, 5.41) is 3.23. The van der Waals surface area contributed by atoms with Crippen LogP contribution in [-0.2, 0) is 4.79 Å². The molecule has 1 saturated heterocycles. The summed E-state index contributed by atoms with van der Waals surface area (Å²) in [4.78, 5) is 15.2. The number of amides is 1. The number of fused-ring (bicyclic) bond motifs is 2. The maximum Gasteiger partial charge on any atom is 0.234 e. The number of nitrogens with one attached hydrogen (secondary N) is 1. The van der Waals surface area contributed by atoms with Crippen LogP contribution in [0.1, 0.15) is 48.9 Å². The van der Waals surface area contributed by atoms with Gasteiger partial charge in [0.25, 0.3) is 0 Å². The standard InChI is InChI=1S/C24H28N2O4/c27-24(25-19-10-14-30-21-7-2-1-5-18(19)21)16-26-11-3-6-20(26)17-8-9-22-23(15-17)29-13-4-12-28-22/h1-2,5,7-9,15,19-20H,3-4,6,10-14,16H2,(H,25,27)/t19-,20+/m0/s1. The summed E-state index contributed by atoms with van der Waals surface area (Å²) in [5.41, 5.74) is 2.26. The van der Waals surface area contributed by atoms with E-state index in [4.69, 9.17) is 14.2 Å². The van der Waals surface area contributed by atoms with Crippen molar-refractivity contribution in [1.29, 1.82) is 0 Å². The summed E-state index contributed by atoms with van der Waals surface area (Å²) in [6.07, 6.45) is 3.84. The number of ether oxygens (including phenoxy) is 3. The maximum atomic E-state index is 12.9. The Morgan fingerprint density at radius 3 is 2.70 bits per heavy atom. The van der Waals surface area contributed by atoms with E-state index < -0.39 is 0 Å². The number of hydrogen-bond acceptors (Lipinski definition) is 5. The van der Waals surface area contributed by atoms with E-state index in [1.54, 1.807) is 0 Å². The van der Waals surface area contributed by atoms with Gasteiger partial charge < -0.3 is 19.5 Å². The van der Waals surface area contributed by atoms with Crippen molar-refractivity contribution in [3.63, 3.8) is 0 Å². The Hall–Kier alpha value is -2.73. The topological polar surface area (TPSA) is 60.0 Å².